The molecule has 17 heavy (non-hydrogen) atoms. The topological polar surface area (TPSA) is 72.2 Å². The summed E-state index contributed by atoms with van der Waals surface area (Å²) >= 11 is 0. The highest BCUT2D eigenvalue weighted by Crippen LogP contribution is 2.18. The number of hydrogen-bond donors (Lipinski definition) is 2. The van der Waals surface area contributed by atoms with Crippen molar-refractivity contribution in [2.24, 2.45) is 5.73 Å². The fourth-order valence-electron chi connectivity index (χ4n) is 1.41. The predicted molar refractivity (Wildman–Crippen MR) is 64.4 cm³/mol. The van der Waals surface area contributed by atoms with Crippen LogP contribution in [0.5, 0.6) is 0 Å². The fraction of sp³-hybridized carbons (Fsp3) is 0.455. The standard InChI is InChI=1S/C11H17FN2O2S/c1-11(2,3)14-17(15,16)10-6-9(12)5-4-8(10)7-13/h4-6,14H,7,13H2,1-3H3. The Labute approximate surface area is 101 Å². The van der Waals surface area contributed by atoms with Crippen LogP contribution in [0.25, 0.3) is 0 Å². The number of sulfonamides is 1. The van der Waals surface area contributed by atoms with E-state index in [2.05, 4.69) is 4.72 Å². The minimum atomic E-state index is -3.75. The lowest BCUT2D eigenvalue weighted by molar-refractivity contribution is 0.490. The Morgan fingerprint density at radius 3 is 2.41 bits per heavy atom. The van der Waals surface area contributed by atoms with Crippen LogP contribution in [-0.2, 0) is 16.6 Å². The maximum absolute atomic E-state index is 13.1. The van der Waals surface area contributed by atoms with Crippen molar-refractivity contribution >= 4 is 10.0 Å². The van der Waals surface area contributed by atoms with Gasteiger partial charge in [-0.1, -0.05) is 6.07 Å². The molecule has 4 nitrogen and oxygen atoms in total. The summed E-state index contributed by atoms with van der Waals surface area (Å²) in [7, 11) is -3.75. The van der Waals surface area contributed by atoms with Crippen LogP contribution in [0.1, 0.15) is 26.3 Å². The first kappa shape index (κ1) is 14.1. The van der Waals surface area contributed by atoms with Crippen molar-refractivity contribution < 1.29 is 12.8 Å². The van der Waals surface area contributed by atoms with Gasteiger partial charge in [-0.3, -0.25) is 0 Å². The van der Waals surface area contributed by atoms with Crippen LogP contribution >= 0.6 is 0 Å². The summed E-state index contributed by atoms with van der Waals surface area (Å²) in [5, 5.41) is 0. The first-order valence-corrected chi connectivity index (χ1v) is 6.66. The Morgan fingerprint density at radius 1 is 1.35 bits per heavy atom. The third kappa shape index (κ3) is 3.76. The maximum Gasteiger partial charge on any atom is 0.241 e. The third-order valence-corrected chi connectivity index (χ3v) is 3.82. The molecule has 1 rings (SSSR count). The lowest BCUT2D eigenvalue weighted by Gasteiger charge is -2.21. The molecule has 0 aromatic heterocycles. The zero-order valence-corrected chi connectivity index (χ0v) is 10.9. The van der Waals surface area contributed by atoms with Crippen LogP contribution in [0, 0.1) is 5.82 Å². The van der Waals surface area contributed by atoms with Gasteiger partial charge in [-0.25, -0.2) is 17.5 Å². The first-order valence-electron chi connectivity index (χ1n) is 5.18. The van der Waals surface area contributed by atoms with E-state index in [4.69, 9.17) is 5.73 Å². The molecule has 0 heterocycles. The summed E-state index contributed by atoms with van der Waals surface area (Å²) in [5.74, 6) is -0.600. The van der Waals surface area contributed by atoms with Crippen molar-refractivity contribution in [1.82, 2.24) is 4.72 Å². The molecule has 0 radical (unpaired) electrons. The van der Waals surface area contributed by atoms with E-state index >= 15 is 0 Å². The molecule has 0 saturated heterocycles. The van der Waals surface area contributed by atoms with Crippen LogP contribution in [0.15, 0.2) is 23.1 Å². The molecular weight excluding hydrogens is 243 g/mol. The quantitative estimate of drug-likeness (QED) is 0.862. The van der Waals surface area contributed by atoms with Crippen LogP contribution in [0.4, 0.5) is 4.39 Å². The summed E-state index contributed by atoms with van der Waals surface area (Å²) in [6.45, 7) is 5.19. The molecule has 0 spiro atoms. The van der Waals surface area contributed by atoms with Crippen LogP contribution in [-0.4, -0.2) is 14.0 Å². The van der Waals surface area contributed by atoms with E-state index in [0.717, 1.165) is 6.07 Å². The second-order valence-corrected chi connectivity index (χ2v) is 6.46. The smallest absolute Gasteiger partial charge is 0.241 e. The lowest BCUT2D eigenvalue weighted by Crippen LogP contribution is -2.40. The van der Waals surface area contributed by atoms with E-state index in [-0.39, 0.29) is 11.4 Å². The van der Waals surface area contributed by atoms with Crippen molar-refractivity contribution in [1.29, 1.82) is 0 Å². The number of rotatable bonds is 3. The number of halogens is 1. The van der Waals surface area contributed by atoms with E-state index in [0.29, 0.717) is 5.56 Å². The molecule has 0 bridgehead atoms. The van der Waals surface area contributed by atoms with Gasteiger partial charge in [0, 0.05) is 12.1 Å². The average Bonchev–Trinajstić information content (AvgIpc) is 2.14. The zero-order valence-electron chi connectivity index (χ0n) is 10.1. The van der Waals surface area contributed by atoms with Crippen LogP contribution in [0.2, 0.25) is 0 Å². The Kier molecular flexibility index (Phi) is 3.91. The molecule has 0 aliphatic carbocycles. The van der Waals surface area contributed by atoms with Gasteiger partial charge in [-0.15, -0.1) is 0 Å². The first-order chi connectivity index (χ1) is 7.65. The number of hydrogen-bond acceptors (Lipinski definition) is 3. The maximum atomic E-state index is 13.1. The van der Waals surface area contributed by atoms with E-state index in [1.807, 2.05) is 0 Å². The average molecular weight is 260 g/mol. The highest BCUT2D eigenvalue weighted by Gasteiger charge is 2.24. The summed E-state index contributed by atoms with van der Waals surface area (Å²) in [6.07, 6.45) is 0. The van der Waals surface area contributed by atoms with Gasteiger partial charge in [-0.2, -0.15) is 0 Å². The minimum absolute atomic E-state index is 0.0423. The van der Waals surface area contributed by atoms with Gasteiger partial charge in [-0.05, 0) is 38.5 Å². The zero-order chi connectivity index (χ0) is 13.3. The summed E-state index contributed by atoms with van der Waals surface area (Å²) in [4.78, 5) is -0.102. The summed E-state index contributed by atoms with van der Waals surface area (Å²) in [6, 6.07) is 3.56. The number of nitrogens with one attached hydrogen (secondary N) is 1. The monoisotopic (exact) mass is 260 g/mol. The predicted octanol–water partition coefficient (Wildman–Crippen LogP) is 1.36. The molecule has 0 unspecified atom stereocenters. The highest BCUT2D eigenvalue weighted by atomic mass is 32.2. The van der Waals surface area contributed by atoms with Gasteiger partial charge in [0.2, 0.25) is 10.0 Å². The van der Waals surface area contributed by atoms with Gasteiger partial charge in [0.25, 0.3) is 0 Å². The molecular formula is C11H17FN2O2S. The van der Waals surface area contributed by atoms with Crippen molar-refractivity contribution in [2.45, 2.75) is 37.8 Å². The molecule has 0 fully saturated rings. The van der Waals surface area contributed by atoms with Crippen molar-refractivity contribution in [3.63, 3.8) is 0 Å². The molecule has 3 N–H and O–H groups in total. The van der Waals surface area contributed by atoms with Gasteiger partial charge >= 0.3 is 0 Å². The van der Waals surface area contributed by atoms with E-state index < -0.39 is 21.4 Å². The molecule has 0 amide bonds. The molecule has 0 aliphatic rings. The van der Waals surface area contributed by atoms with E-state index in [9.17, 15) is 12.8 Å². The largest absolute Gasteiger partial charge is 0.326 e. The van der Waals surface area contributed by atoms with Gasteiger partial charge in [0.1, 0.15) is 5.82 Å². The molecule has 1 aromatic carbocycles. The van der Waals surface area contributed by atoms with E-state index in [1.165, 1.54) is 12.1 Å². The second-order valence-electron chi connectivity index (χ2n) is 4.81. The number of benzene rings is 1. The van der Waals surface area contributed by atoms with Gasteiger partial charge < -0.3 is 5.73 Å². The van der Waals surface area contributed by atoms with Crippen LogP contribution in [0.3, 0.4) is 0 Å². The molecule has 0 saturated carbocycles. The molecule has 0 atom stereocenters. The van der Waals surface area contributed by atoms with Crippen molar-refractivity contribution in [3.8, 4) is 0 Å². The lowest BCUT2D eigenvalue weighted by atomic mass is 10.1. The summed E-state index contributed by atoms with van der Waals surface area (Å²) in [5.41, 5.74) is 5.21. The van der Waals surface area contributed by atoms with Gasteiger partial charge in [0.15, 0.2) is 0 Å². The van der Waals surface area contributed by atoms with Crippen molar-refractivity contribution in [2.75, 3.05) is 0 Å². The summed E-state index contributed by atoms with van der Waals surface area (Å²) < 4.78 is 39.7. The molecule has 96 valence electrons. The molecule has 6 heteroatoms. The molecule has 1 aromatic rings. The highest BCUT2D eigenvalue weighted by molar-refractivity contribution is 7.89. The van der Waals surface area contributed by atoms with Gasteiger partial charge in [0.05, 0.1) is 4.90 Å². The van der Waals surface area contributed by atoms with Crippen LogP contribution < -0.4 is 10.5 Å². The fourth-order valence-corrected chi connectivity index (χ4v) is 3.09. The third-order valence-electron chi connectivity index (χ3n) is 1.98. The Morgan fingerprint density at radius 2 is 1.94 bits per heavy atom. The Hall–Kier alpha value is -0.980. The van der Waals surface area contributed by atoms with Crippen molar-refractivity contribution in [3.05, 3.63) is 29.6 Å². The Bertz CT molecular complexity index is 507. The normalized spacial score (nSPS) is 12.8. The minimum Gasteiger partial charge on any atom is -0.326 e. The second kappa shape index (κ2) is 4.72. The number of nitrogens with two attached hydrogens (primary N) is 1. The molecule has 0 aliphatic heterocycles. The SMILES string of the molecule is CC(C)(C)NS(=O)(=O)c1cc(F)ccc1CN. The Balaban J connectivity index is 3.28. The van der Waals surface area contributed by atoms with E-state index in [1.54, 1.807) is 20.8 Å².